The fourth-order valence-electron chi connectivity index (χ4n) is 1.05. The highest BCUT2D eigenvalue weighted by molar-refractivity contribution is 5.47. The Morgan fingerprint density at radius 3 is 3.00 bits per heavy atom. The van der Waals surface area contributed by atoms with Gasteiger partial charge in [0.15, 0.2) is 0 Å². The van der Waals surface area contributed by atoms with E-state index in [0.29, 0.717) is 13.4 Å². The van der Waals surface area contributed by atoms with Crippen molar-refractivity contribution in [2.24, 2.45) is 0 Å². The van der Waals surface area contributed by atoms with Crippen molar-refractivity contribution in [3.8, 4) is 0 Å². The summed E-state index contributed by atoms with van der Waals surface area (Å²) in [7, 11) is 1.61. The minimum atomic E-state index is 0.332. The molecule has 0 saturated heterocycles. The van der Waals surface area contributed by atoms with E-state index in [0.717, 1.165) is 11.1 Å². The molecule has 0 atom stereocenters. The molecule has 0 saturated carbocycles. The second-order valence-electron chi connectivity index (χ2n) is 2.70. The van der Waals surface area contributed by atoms with E-state index >= 15 is 0 Å². The third-order valence-corrected chi connectivity index (χ3v) is 1.66. The molecule has 0 heterocycles. The molecule has 1 rings (SSSR count). The highest BCUT2D eigenvalue weighted by Crippen LogP contribution is 2.07. The van der Waals surface area contributed by atoms with Crippen molar-refractivity contribution >= 4 is 6.08 Å². The molecular weight excluding hydrogens is 164 g/mol. The van der Waals surface area contributed by atoms with Gasteiger partial charge >= 0.3 is 0 Å². The lowest BCUT2D eigenvalue weighted by molar-refractivity contribution is -0.0390. The normalized spacial score (nSPS) is 9.92. The van der Waals surface area contributed by atoms with Crippen LogP contribution in [0.4, 0.5) is 0 Å². The van der Waals surface area contributed by atoms with E-state index < -0.39 is 0 Å². The van der Waals surface area contributed by atoms with Crippen molar-refractivity contribution < 1.29 is 9.47 Å². The molecule has 0 radical (unpaired) electrons. The van der Waals surface area contributed by atoms with Crippen molar-refractivity contribution in [3.63, 3.8) is 0 Å². The second-order valence-corrected chi connectivity index (χ2v) is 2.70. The van der Waals surface area contributed by atoms with Gasteiger partial charge in [-0.25, -0.2) is 0 Å². The first kappa shape index (κ1) is 9.96. The van der Waals surface area contributed by atoms with Crippen LogP contribution in [0, 0.1) is 0 Å². The van der Waals surface area contributed by atoms with Crippen molar-refractivity contribution in [1.29, 1.82) is 0 Å². The number of methoxy groups -OCH3 is 1. The highest BCUT2D eigenvalue weighted by atomic mass is 16.7. The van der Waals surface area contributed by atoms with Crippen molar-refractivity contribution in [2.75, 3.05) is 13.9 Å². The van der Waals surface area contributed by atoms with Gasteiger partial charge in [0.05, 0.1) is 6.61 Å². The summed E-state index contributed by atoms with van der Waals surface area (Å²) in [5.41, 5.74) is 2.24. The first-order valence-corrected chi connectivity index (χ1v) is 4.15. The van der Waals surface area contributed by atoms with E-state index in [-0.39, 0.29) is 0 Å². The van der Waals surface area contributed by atoms with E-state index in [1.807, 2.05) is 30.3 Å². The lowest BCUT2D eigenvalue weighted by Gasteiger charge is -2.03. The molecule has 1 aromatic rings. The second kappa shape index (κ2) is 5.51. The summed E-state index contributed by atoms with van der Waals surface area (Å²) in [4.78, 5) is 0. The van der Waals surface area contributed by atoms with Gasteiger partial charge in [-0.15, -0.1) is 0 Å². The predicted molar refractivity (Wildman–Crippen MR) is 53.2 cm³/mol. The van der Waals surface area contributed by atoms with E-state index in [2.05, 4.69) is 6.58 Å². The summed E-state index contributed by atoms with van der Waals surface area (Å²) in [6.45, 7) is 4.61. The van der Waals surface area contributed by atoms with E-state index in [1.54, 1.807) is 7.11 Å². The molecule has 0 spiro atoms. The molecule has 0 N–H and O–H groups in total. The first-order chi connectivity index (χ1) is 6.36. The maximum Gasteiger partial charge on any atom is 0.146 e. The van der Waals surface area contributed by atoms with Crippen LogP contribution in [-0.4, -0.2) is 13.9 Å². The molecule has 0 fully saturated rings. The average Bonchev–Trinajstić information content (AvgIpc) is 2.19. The zero-order valence-corrected chi connectivity index (χ0v) is 7.82. The zero-order valence-electron chi connectivity index (χ0n) is 7.82. The molecule has 0 aromatic heterocycles. The Morgan fingerprint density at radius 2 is 2.31 bits per heavy atom. The fraction of sp³-hybridized carbons (Fsp3) is 0.273. The predicted octanol–water partition coefficient (Wildman–Crippen LogP) is 2.45. The van der Waals surface area contributed by atoms with E-state index in [1.165, 1.54) is 0 Å². The maximum absolute atomic E-state index is 5.21. The first-order valence-electron chi connectivity index (χ1n) is 4.15. The van der Waals surface area contributed by atoms with Gasteiger partial charge in [0.2, 0.25) is 0 Å². The summed E-state index contributed by atoms with van der Waals surface area (Å²) < 4.78 is 9.99. The van der Waals surface area contributed by atoms with Crippen LogP contribution in [0.1, 0.15) is 11.1 Å². The van der Waals surface area contributed by atoms with Gasteiger partial charge in [0.1, 0.15) is 6.79 Å². The Balaban J connectivity index is 2.51. The Bertz CT molecular complexity index is 269. The monoisotopic (exact) mass is 178 g/mol. The minimum absolute atomic E-state index is 0.332. The molecule has 13 heavy (non-hydrogen) atoms. The summed E-state index contributed by atoms with van der Waals surface area (Å²) in [5.74, 6) is 0. The smallest absolute Gasteiger partial charge is 0.146 e. The maximum atomic E-state index is 5.21. The number of rotatable bonds is 5. The Labute approximate surface area is 78.8 Å². The molecule has 2 nitrogen and oxygen atoms in total. The lowest BCUT2D eigenvalue weighted by Crippen LogP contribution is -1.96. The SMILES string of the molecule is C=Cc1cccc(COCOC)c1. The van der Waals surface area contributed by atoms with Crippen molar-refractivity contribution in [2.45, 2.75) is 6.61 Å². The molecule has 0 aliphatic rings. The van der Waals surface area contributed by atoms with E-state index in [9.17, 15) is 0 Å². The number of ether oxygens (including phenoxy) is 2. The van der Waals surface area contributed by atoms with Gasteiger partial charge in [0, 0.05) is 7.11 Å². The zero-order chi connectivity index (χ0) is 9.52. The highest BCUT2D eigenvalue weighted by Gasteiger charge is 1.93. The molecule has 0 unspecified atom stereocenters. The van der Waals surface area contributed by atoms with Gasteiger partial charge < -0.3 is 9.47 Å². The van der Waals surface area contributed by atoms with Crippen LogP contribution < -0.4 is 0 Å². The minimum Gasteiger partial charge on any atom is -0.359 e. The van der Waals surface area contributed by atoms with Crippen LogP contribution in [0.15, 0.2) is 30.8 Å². The molecule has 2 heteroatoms. The van der Waals surface area contributed by atoms with Crippen LogP contribution in [0.25, 0.3) is 6.08 Å². The summed E-state index contributed by atoms with van der Waals surface area (Å²) >= 11 is 0. The molecular formula is C11H14O2. The molecule has 1 aromatic carbocycles. The molecule has 70 valence electrons. The molecule has 0 bridgehead atoms. The Hall–Kier alpha value is -1.12. The lowest BCUT2D eigenvalue weighted by atomic mass is 10.1. The van der Waals surface area contributed by atoms with Gasteiger partial charge in [-0.3, -0.25) is 0 Å². The van der Waals surface area contributed by atoms with Gasteiger partial charge in [-0.2, -0.15) is 0 Å². The van der Waals surface area contributed by atoms with E-state index in [4.69, 9.17) is 9.47 Å². The van der Waals surface area contributed by atoms with Crippen LogP contribution in [0.2, 0.25) is 0 Å². The largest absolute Gasteiger partial charge is 0.359 e. The molecule has 0 amide bonds. The van der Waals surface area contributed by atoms with Gasteiger partial charge in [0.25, 0.3) is 0 Å². The quantitative estimate of drug-likeness (QED) is 0.509. The number of hydrogen-bond acceptors (Lipinski definition) is 2. The van der Waals surface area contributed by atoms with Crippen LogP contribution in [0.3, 0.4) is 0 Å². The molecule has 0 aliphatic carbocycles. The number of benzene rings is 1. The van der Waals surface area contributed by atoms with Crippen molar-refractivity contribution in [1.82, 2.24) is 0 Å². The Kier molecular flexibility index (Phi) is 4.23. The average molecular weight is 178 g/mol. The molecule has 0 aliphatic heterocycles. The summed E-state index contributed by atoms with van der Waals surface area (Å²) in [6.07, 6.45) is 1.82. The number of hydrogen-bond donors (Lipinski definition) is 0. The third-order valence-electron chi connectivity index (χ3n) is 1.66. The van der Waals surface area contributed by atoms with Crippen LogP contribution in [-0.2, 0) is 16.1 Å². The topological polar surface area (TPSA) is 18.5 Å². The third kappa shape index (κ3) is 3.40. The standard InChI is InChI=1S/C11H14O2/c1-3-10-5-4-6-11(7-10)8-13-9-12-2/h3-7H,1,8-9H2,2H3. The van der Waals surface area contributed by atoms with Gasteiger partial charge in [-0.05, 0) is 17.2 Å². The van der Waals surface area contributed by atoms with Crippen LogP contribution in [0.5, 0.6) is 0 Å². The van der Waals surface area contributed by atoms with Crippen LogP contribution >= 0.6 is 0 Å². The van der Waals surface area contributed by atoms with Gasteiger partial charge in [-0.1, -0.05) is 30.9 Å². The van der Waals surface area contributed by atoms with Crippen molar-refractivity contribution in [3.05, 3.63) is 42.0 Å². The fourth-order valence-corrected chi connectivity index (χ4v) is 1.05. The Morgan fingerprint density at radius 1 is 1.46 bits per heavy atom. The summed E-state index contributed by atoms with van der Waals surface area (Å²) in [5, 5.41) is 0. The summed E-state index contributed by atoms with van der Waals surface area (Å²) in [6, 6.07) is 8.06.